The highest BCUT2D eigenvalue weighted by Gasteiger charge is 2.25. The molecule has 1 aliphatic heterocycles. The molecule has 1 aliphatic rings. The van der Waals surface area contributed by atoms with Gasteiger partial charge in [-0.3, -0.25) is 4.79 Å². The van der Waals surface area contributed by atoms with Gasteiger partial charge in [-0.15, -0.1) is 0 Å². The van der Waals surface area contributed by atoms with Gasteiger partial charge in [0.05, 0.1) is 5.92 Å². The van der Waals surface area contributed by atoms with Gasteiger partial charge in [0.1, 0.15) is 0 Å². The van der Waals surface area contributed by atoms with E-state index in [1.54, 1.807) is 11.9 Å². The first kappa shape index (κ1) is 13.7. The number of hydrogen-bond acceptors (Lipinski definition) is 4. The highest BCUT2D eigenvalue weighted by Crippen LogP contribution is 2.35. The van der Waals surface area contributed by atoms with Crippen LogP contribution in [-0.2, 0) is 4.79 Å². The summed E-state index contributed by atoms with van der Waals surface area (Å²) in [6.07, 6.45) is 0. The summed E-state index contributed by atoms with van der Waals surface area (Å²) in [7, 11) is 1.75. The Kier molecular flexibility index (Phi) is 3.95. The topological polar surface area (TPSA) is 64.8 Å². The lowest BCUT2D eigenvalue weighted by atomic mass is 9.94. The molecule has 0 radical (unpaired) electrons. The van der Waals surface area contributed by atoms with Crippen molar-refractivity contribution >= 4 is 11.6 Å². The van der Waals surface area contributed by atoms with E-state index in [0.29, 0.717) is 18.0 Å². The molecule has 2 rings (SSSR count). The predicted octanol–water partition coefficient (Wildman–Crippen LogP) is 1.61. The van der Waals surface area contributed by atoms with Crippen molar-refractivity contribution in [2.45, 2.75) is 13.8 Å². The summed E-state index contributed by atoms with van der Waals surface area (Å²) < 4.78 is 10.6. The van der Waals surface area contributed by atoms with Crippen molar-refractivity contribution in [3.8, 4) is 11.5 Å². The lowest BCUT2D eigenvalue weighted by Gasteiger charge is -2.25. The number of amides is 1. The molecule has 1 amide bonds. The standard InChI is InChI=1S/C14H20N2O3/c1-9(2)11(7-15)14(17)16(3)10-4-5-12-13(6-10)19-8-18-12/h4-6,9,11H,7-8,15H2,1-3H3. The van der Waals surface area contributed by atoms with Gasteiger partial charge in [0.2, 0.25) is 12.7 Å². The third-order valence-electron chi connectivity index (χ3n) is 3.45. The molecule has 0 spiro atoms. The number of fused-ring (bicyclic) bond motifs is 1. The lowest BCUT2D eigenvalue weighted by Crippen LogP contribution is -2.39. The number of ether oxygens (including phenoxy) is 2. The van der Waals surface area contributed by atoms with Gasteiger partial charge in [0.25, 0.3) is 0 Å². The van der Waals surface area contributed by atoms with E-state index >= 15 is 0 Å². The summed E-state index contributed by atoms with van der Waals surface area (Å²) in [6.45, 7) is 4.59. The summed E-state index contributed by atoms with van der Waals surface area (Å²) in [5, 5.41) is 0. The maximum absolute atomic E-state index is 12.4. The van der Waals surface area contributed by atoms with Gasteiger partial charge < -0.3 is 20.1 Å². The molecule has 0 bridgehead atoms. The number of carbonyl (C=O) groups is 1. The van der Waals surface area contributed by atoms with Gasteiger partial charge in [0.15, 0.2) is 11.5 Å². The Morgan fingerprint density at radius 2 is 2.05 bits per heavy atom. The molecule has 1 aromatic rings. The maximum atomic E-state index is 12.4. The third kappa shape index (κ3) is 2.66. The number of benzene rings is 1. The van der Waals surface area contributed by atoms with Crippen LogP contribution in [-0.4, -0.2) is 26.3 Å². The van der Waals surface area contributed by atoms with Crippen LogP contribution in [0.15, 0.2) is 18.2 Å². The van der Waals surface area contributed by atoms with Crippen LogP contribution in [0.4, 0.5) is 5.69 Å². The molecule has 104 valence electrons. The minimum atomic E-state index is -0.171. The first-order valence-corrected chi connectivity index (χ1v) is 6.42. The zero-order chi connectivity index (χ0) is 14.0. The Hall–Kier alpha value is -1.75. The molecule has 0 saturated carbocycles. The Labute approximate surface area is 113 Å². The fraction of sp³-hybridized carbons (Fsp3) is 0.500. The summed E-state index contributed by atoms with van der Waals surface area (Å²) >= 11 is 0. The van der Waals surface area contributed by atoms with Gasteiger partial charge in [-0.25, -0.2) is 0 Å². The zero-order valence-electron chi connectivity index (χ0n) is 11.6. The van der Waals surface area contributed by atoms with Gasteiger partial charge in [0, 0.05) is 25.3 Å². The molecular formula is C14H20N2O3. The van der Waals surface area contributed by atoms with Gasteiger partial charge >= 0.3 is 0 Å². The van der Waals surface area contributed by atoms with Crippen LogP contribution < -0.4 is 20.1 Å². The molecule has 1 heterocycles. The molecular weight excluding hydrogens is 244 g/mol. The van der Waals surface area contributed by atoms with E-state index < -0.39 is 0 Å². The second kappa shape index (κ2) is 5.48. The maximum Gasteiger partial charge on any atom is 0.231 e. The summed E-state index contributed by atoms with van der Waals surface area (Å²) in [4.78, 5) is 14.0. The number of hydrogen-bond donors (Lipinski definition) is 1. The summed E-state index contributed by atoms with van der Waals surface area (Å²) in [6, 6.07) is 5.47. The second-order valence-corrected chi connectivity index (χ2v) is 5.02. The molecule has 0 fully saturated rings. The number of anilines is 1. The Bertz CT molecular complexity index is 474. The zero-order valence-corrected chi connectivity index (χ0v) is 11.6. The van der Waals surface area contributed by atoms with E-state index in [-0.39, 0.29) is 24.5 Å². The van der Waals surface area contributed by atoms with E-state index in [1.165, 1.54) is 0 Å². The molecule has 5 heteroatoms. The molecule has 1 unspecified atom stereocenters. The Morgan fingerprint density at radius 1 is 1.37 bits per heavy atom. The van der Waals surface area contributed by atoms with Crippen LogP contribution in [0.2, 0.25) is 0 Å². The summed E-state index contributed by atoms with van der Waals surface area (Å²) in [5.41, 5.74) is 6.47. The smallest absolute Gasteiger partial charge is 0.231 e. The molecule has 1 atom stereocenters. The largest absolute Gasteiger partial charge is 0.454 e. The highest BCUT2D eigenvalue weighted by molar-refractivity contribution is 5.95. The molecule has 0 saturated heterocycles. The monoisotopic (exact) mass is 264 g/mol. The van der Waals surface area contributed by atoms with Crippen molar-refractivity contribution in [3.05, 3.63) is 18.2 Å². The minimum Gasteiger partial charge on any atom is -0.454 e. The molecule has 19 heavy (non-hydrogen) atoms. The number of nitrogens with zero attached hydrogens (tertiary/aromatic N) is 1. The average molecular weight is 264 g/mol. The van der Waals surface area contributed by atoms with Crippen LogP contribution in [0.5, 0.6) is 11.5 Å². The first-order valence-electron chi connectivity index (χ1n) is 6.42. The third-order valence-corrected chi connectivity index (χ3v) is 3.45. The van der Waals surface area contributed by atoms with Crippen molar-refractivity contribution in [3.63, 3.8) is 0 Å². The van der Waals surface area contributed by atoms with Crippen molar-refractivity contribution in [1.29, 1.82) is 0 Å². The molecule has 5 nitrogen and oxygen atoms in total. The van der Waals surface area contributed by atoms with Crippen molar-refractivity contribution in [2.24, 2.45) is 17.6 Å². The predicted molar refractivity (Wildman–Crippen MR) is 73.4 cm³/mol. The SMILES string of the molecule is CC(C)C(CN)C(=O)N(C)c1ccc2c(c1)OCO2. The summed E-state index contributed by atoms with van der Waals surface area (Å²) in [5.74, 6) is 1.45. The van der Waals surface area contributed by atoms with Crippen LogP contribution in [0, 0.1) is 11.8 Å². The fourth-order valence-corrected chi connectivity index (χ4v) is 2.13. The van der Waals surface area contributed by atoms with E-state index in [9.17, 15) is 4.79 Å². The molecule has 2 N–H and O–H groups in total. The van der Waals surface area contributed by atoms with Crippen molar-refractivity contribution < 1.29 is 14.3 Å². The van der Waals surface area contributed by atoms with Crippen LogP contribution in [0.25, 0.3) is 0 Å². The first-order chi connectivity index (χ1) is 9.04. The van der Waals surface area contributed by atoms with Crippen LogP contribution in [0.3, 0.4) is 0 Å². The van der Waals surface area contributed by atoms with E-state index in [1.807, 2.05) is 32.0 Å². The van der Waals surface area contributed by atoms with Gasteiger partial charge in [-0.2, -0.15) is 0 Å². The van der Waals surface area contributed by atoms with E-state index in [2.05, 4.69) is 0 Å². The number of rotatable bonds is 4. The number of nitrogens with two attached hydrogens (primary N) is 1. The van der Waals surface area contributed by atoms with E-state index in [0.717, 1.165) is 5.69 Å². The lowest BCUT2D eigenvalue weighted by molar-refractivity contribution is -0.123. The van der Waals surface area contributed by atoms with Gasteiger partial charge in [-0.1, -0.05) is 13.8 Å². The van der Waals surface area contributed by atoms with Crippen LogP contribution in [0.1, 0.15) is 13.8 Å². The minimum absolute atomic E-state index is 0.0244. The van der Waals surface area contributed by atoms with Crippen molar-refractivity contribution in [1.82, 2.24) is 0 Å². The average Bonchev–Trinajstić information content (AvgIpc) is 2.85. The highest BCUT2D eigenvalue weighted by atomic mass is 16.7. The Balaban J connectivity index is 2.19. The molecule has 0 aromatic heterocycles. The fourth-order valence-electron chi connectivity index (χ4n) is 2.13. The van der Waals surface area contributed by atoms with Crippen molar-refractivity contribution in [2.75, 3.05) is 25.3 Å². The second-order valence-electron chi connectivity index (χ2n) is 5.02. The quantitative estimate of drug-likeness (QED) is 0.897. The Morgan fingerprint density at radius 3 is 2.68 bits per heavy atom. The van der Waals surface area contributed by atoms with Gasteiger partial charge in [-0.05, 0) is 18.1 Å². The van der Waals surface area contributed by atoms with E-state index in [4.69, 9.17) is 15.2 Å². The molecule has 1 aromatic carbocycles. The molecule has 0 aliphatic carbocycles. The van der Waals surface area contributed by atoms with Crippen LogP contribution >= 0.6 is 0 Å². The number of carbonyl (C=O) groups excluding carboxylic acids is 1. The normalized spacial score (nSPS) is 14.6.